The zero-order chi connectivity index (χ0) is 62.6. The summed E-state index contributed by atoms with van der Waals surface area (Å²) in [5, 5.41) is 0. The number of hydrogen-bond donors (Lipinski definition) is 0. The highest BCUT2D eigenvalue weighted by Gasteiger charge is 2.22. The first kappa shape index (κ1) is 82.9. The number of unbranched alkanes of at least 4 members (excludes halogenated alkanes) is 36. The van der Waals surface area contributed by atoms with Gasteiger partial charge in [0.05, 0.1) is 27.7 Å². The predicted octanol–water partition coefficient (Wildman–Crippen LogP) is 22.9. The molecule has 2 atom stereocenters. The number of likely N-dealkylation sites (N-methyl/N-ethyl adjacent to an activating group) is 1. The van der Waals surface area contributed by atoms with Crippen molar-refractivity contribution in [2.24, 2.45) is 0 Å². The maximum Gasteiger partial charge on any atom is 0.306 e. The number of ether oxygens (including phenoxy) is 2. The zero-order valence-corrected chi connectivity index (χ0v) is 57.6. The van der Waals surface area contributed by atoms with Gasteiger partial charge in [-0.1, -0.05) is 317 Å². The summed E-state index contributed by atoms with van der Waals surface area (Å²) in [6, 6.07) is 0. The fraction of sp³-hybridized carbons (Fsp3) is 0.763. The van der Waals surface area contributed by atoms with Gasteiger partial charge in [0.2, 0.25) is 0 Å². The van der Waals surface area contributed by atoms with Crippen LogP contribution in [-0.4, -0.2) is 70.0 Å². The van der Waals surface area contributed by atoms with Crippen molar-refractivity contribution in [1.29, 1.82) is 0 Å². The van der Waals surface area contributed by atoms with Crippen molar-refractivity contribution >= 4 is 19.8 Å². The van der Waals surface area contributed by atoms with E-state index in [-0.39, 0.29) is 32.0 Å². The molecule has 9 nitrogen and oxygen atoms in total. The molecule has 0 spiro atoms. The van der Waals surface area contributed by atoms with Crippen LogP contribution in [0.2, 0.25) is 0 Å². The molecule has 86 heavy (non-hydrogen) atoms. The Morgan fingerprint density at radius 1 is 0.360 bits per heavy atom. The van der Waals surface area contributed by atoms with Gasteiger partial charge in [-0.25, -0.2) is 0 Å². The Hall–Kier alpha value is -3.07. The SMILES string of the molecule is CC/C=C\C/C=C\C/C=C\C/C=C\CCCCCCCCCCCCCCCCCCCCCCCCCCCCC(=O)OC(COC(=O)CCCCCCCCCCCC/C=C\C/C=C\C/C=C\C/C=C\CC)COP(=O)([O-])OCC[N+](C)(C)C. The van der Waals surface area contributed by atoms with E-state index in [0.29, 0.717) is 17.4 Å². The van der Waals surface area contributed by atoms with E-state index < -0.39 is 26.5 Å². The zero-order valence-electron chi connectivity index (χ0n) is 56.7. The third-order valence-corrected chi connectivity index (χ3v) is 16.6. The molecule has 498 valence electrons. The van der Waals surface area contributed by atoms with Crippen molar-refractivity contribution in [3.63, 3.8) is 0 Å². The predicted molar refractivity (Wildman–Crippen MR) is 369 cm³/mol. The van der Waals surface area contributed by atoms with Crippen LogP contribution in [0.15, 0.2) is 97.2 Å². The van der Waals surface area contributed by atoms with Crippen molar-refractivity contribution in [1.82, 2.24) is 0 Å². The Morgan fingerprint density at radius 2 is 0.628 bits per heavy atom. The molecule has 0 aliphatic rings. The number of phosphoric ester groups is 1. The molecule has 0 aromatic carbocycles. The minimum Gasteiger partial charge on any atom is -0.756 e. The van der Waals surface area contributed by atoms with Crippen molar-refractivity contribution in [3.05, 3.63) is 97.2 Å². The summed E-state index contributed by atoms with van der Waals surface area (Å²) in [5.74, 6) is -0.828. The van der Waals surface area contributed by atoms with Gasteiger partial charge in [-0.3, -0.25) is 14.2 Å². The fourth-order valence-electron chi connectivity index (χ4n) is 10.2. The Labute approximate surface area is 532 Å². The summed E-state index contributed by atoms with van der Waals surface area (Å²) in [6.45, 7) is 4.05. The fourth-order valence-corrected chi connectivity index (χ4v) is 10.9. The van der Waals surface area contributed by atoms with Crippen molar-refractivity contribution in [3.8, 4) is 0 Å². The first-order chi connectivity index (χ1) is 42.0. The third-order valence-electron chi connectivity index (χ3n) is 15.6. The number of rotatable bonds is 66. The average molecular weight is 1220 g/mol. The maximum absolute atomic E-state index is 12.9. The van der Waals surface area contributed by atoms with Crippen LogP contribution in [0, 0.1) is 0 Å². The molecule has 0 rings (SSSR count). The second-order valence-corrected chi connectivity index (χ2v) is 26.6. The number of nitrogens with zero attached hydrogens (tertiary/aromatic N) is 1. The van der Waals surface area contributed by atoms with Crippen LogP contribution in [0.4, 0.5) is 0 Å². The first-order valence-corrected chi connectivity index (χ1v) is 37.4. The second-order valence-electron chi connectivity index (χ2n) is 25.2. The molecule has 0 bridgehead atoms. The number of hydrogen-bond acceptors (Lipinski definition) is 8. The molecule has 10 heteroatoms. The number of carbonyl (C=O) groups is 2. The lowest BCUT2D eigenvalue weighted by Crippen LogP contribution is -2.37. The van der Waals surface area contributed by atoms with Gasteiger partial charge in [0.25, 0.3) is 7.82 Å². The molecule has 0 saturated carbocycles. The Balaban J connectivity index is 3.95. The van der Waals surface area contributed by atoms with Crippen LogP contribution in [0.25, 0.3) is 0 Å². The molecule has 0 amide bonds. The van der Waals surface area contributed by atoms with Gasteiger partial charge in [0.15, 0.2) is 6.10 Å². The maximum atomic E-state index is 12.9. The van der Waals surface area contributed by atoms with Crippen LogP contribution in [0.1, 0.15) is 322 Å². The normalized spacial score (nSPS) is 13.7. The highest BCUT2D eigenvalue weighted by atomic mass is 31.2. The molecule has 0 heterocycles. The third kappa shape index (κ3) is 70.0. The van der Waals surface area contributed by atoms with Gasteiger partial charge < -0.3 is 27.9 Å². The summed E-state index contributed by atoms with van der Waals surface area (Å²) >= 11 is 0. The van der Waals surface area contributed by atoms with E-state index in [1.807, 2.05) is 21.1 Å². The molecule has 0 fully saturated rings. The molecule has 0 saturated heterocycles. The van der Waals surface area contributed by atoms with Gasteiger partial charge in [0.1, 0.15) is 19.8 Å². The van der Waals surface area contributed by atoms with E-state index >= 15 is 0 Å². The Morgan fingerprint density at radius 3 is 0.930 bits per heavy atom. The van der Waals surface area contributed by atoms with E-state index in [1.54, 1.807) is 0 Å². The molecule has 0 aliphatic heterocycles. The van der Waals surface area contributed by atoms with E-state index in [4.69, 9.17) is 18.5 Å². The minimum atomic E-state index is -4.65. The van der Waals surface area contributed by atoms with Gasteiger partial charge in [-0.05, 0) is 89.9 Å². The highest BCUT2D eigenvalue weighted by molar-refractivity contribution is 7.45. The number of phosphoric acid groups is 1. The monoisotopic (exact) mass is 1220 g/mol. The topological polar surface area (TPSA) is 111 Å². The lowest BCUT2D eigenvalue weighted by atomic mass is 10.0. The van der Waals surface area contributed by atoms with Gasteiger partial charge in [-0.2, -0.15) is 0 Å². The standard InChI is InChI=1S/C76H136NO8P/c1-6-8-10-12-14-16-18-20-22-24-26-28-30-31-32-33-34-35-36-37-38-39-40-41-42-43-44-45-47-49-51-53-55-57-59-61-63-65-67-69-76(79)85-74(73-84-86(80,81)83-71-70-77(3,4)5)72-82-75(78)68-66-64-62-60-58-56-54-52-50-48-46-29-27-25-23-21-19-17-15-13-11-9-7-2/h8-11,14-17,20-23,26-29,74H,6-7,12-13,18-19,24-25,30-73H2,1-5H3/b10-8-,11-9-,16-14-,17-15-,22-20-,23-21-,28-26-,29-27-. The van der Waals surface area contributed by atoms with E-state index in [9.17, 15) is 19.0 Å². The molecule has 0 N–H and O–H groups in total. The number of quaternary nitrogens is 1. The molecule has 2 unspecified atom stereocenters. The summed E-state index contributed by atoms with van der Waals surface area (Å²) in [6.07, 6.45) is 92.2. The van der Waals surface area contributed by atoms with Crippen molar-refractivity contribution < 1.29 is 42.1 Å². The molecule has 0 aromatic rings. The molecule has 0 radical (unpaired) electrons. The first-order valence-electron chi connectivity index (χ1n) is 35.9. The largest absolute Gasteiger partial charge is 0.756 e. The van der Waals surface area contributed by atoms with E-state index in [2.05, 4.69) is 111 Å². The average Bonchev–Trinajstić information content (AvgIpc) is 3.56. The van der Waals surface area contributed by atoms with Gasteiger partial charge in [0, 0.05) is 12.8 Å². The number of carbonyl (C=O) groups excluding carboxylic acids is 2. The summed E-state index contributed by atoms with van der Waals surface area (Å²) < 4.78 is 34.3. The van der Waals surface area contributed by atoms with Crippen molar-refractivity contribution in [2.45, 2.75) is 328 Å². The number of esters is 2. The Bertz CT molecular complexity index is 1770. The van der Waals surface area contributed by atoms with Crippen LogP contribution in [0.5, 0.6) is 0 Å². The van der Waals surface area contributed by atoms with Gasteiger partial charge >= 0.3 is 11.9 Å². The van der Waals surface area contributed by atoms with Crippen LogP contribution in [-0.2, 0) is 32.7 Å². The molecular weight excluding hydrogens is 1090 g/mol. The quantitative estimate of drug-likeness (QED) is 0.0195. The molecule has 0 aliphatic carbocycles. The van der Waals surface area contributed by atoms with Crippen LogP contribution < -0.4 is 4.89 Å². The molecular formula is C76H136NO8P. The summed E-state index contributed by atoms with van der Waals surface area (Å²) in [7, 11) is 1.17. The second kappa shape index (κ2) is 66.4. The van der Waals surface area contributed by atoms with Gasteiger partial charge in [-0.15, -0.1) is 0 Å². The van der Waals surface area contributed by atoms with E-state index in [0.717, 1.165) is 103 Å². The lowest BCUT2D eigenvalue weighted by molar-refractivity contribution is -0.870. The highest BCUT2D eigenvalue weighted by Crippen LogP contribution is 2.38. The molecule has 0 aromatic heterocycles. The van der Waals surface area contributed by atoms with Crippen LogP contribution >= 0.6 is 7.82 Å². The van der Waals surface area contributed by atoms with Crippen molar-refractivity contribution in [2.75, 3.05) is 47.5 Å². The summed E-state index contributed by atoms with van der Waals surface area (Å²) in [4.78, 5) is 38.1. The van der Waals surface area contributed by atoms with E-state index in [1.165, 1.54) is 186 Å². The lowest BCUT2D eigenvalue weighted by Gasteiger charge is -2.28. The van der Waals surface area contributed by atoms with Crippen LogP contribution in [0.3, 0.4) is 0 Å². The Kier molecular flexibility index (Phi) is 64.0. The summed E-state index contributed by atoms with van der Waals surface area (Å²) in [5.41, 5.74) is 0. The minimum absolute atomic E-state index is 0.0328. The smallest absolute Gasteiger partial charge is 0.306 e. The number of allylic oxidation sites excluding steroid dienone is 16.